The van der Waals surface area contributed by atoms with E-state index in [1.807, 2.05) is 0 Å². The van der Waals surface area contributed by atoms with Crippen LogP contribution in [0.25, 0.3) is 28.0 Å². The van der Waals surface area contributed by atoms with Crippen LogP contribution in [0.2, 0.25) is 0 Å². The van der Waals surface area contributed by atoms with Gasteiger partial charge in [0, 0.05) is 35.9 Å². The van der Waals surface area contributed by atoms with E-state index >= 15 is 8.78 Å². The number of hydrogen-bond donors (Lipinski definition) is 3. The van der Waals surface area contributed by atoms with Crippen molar-refractivity contribution in [3.63, 3.8) is 0 Å². The number of nitrogens with one attached hydrogen (secondary N) is 2. The minimum absolute atomic E-state index is 0.0680. The number of anilines is 2. The molecule has 17 heteroatoms. The van der Waals surface area contributed by atoms with Crippen molar-refractivity contribution in [1.29, 1.82) is 0 Å². The third-order valence-corrected chi connectivity index (χ3v) is 6.80. The number of ether oxygens (including phenoxy) is 1. The molecule has 0 saturated carbocycles. The number of carbonyl (C=O) groups excluding carboxylic acids is 2. The summed E-state index contributed by atoms with van der Waals surface area (Å²) in [6.07, 6.45) is -2.34. The summed E-state index contributed by atoms with van der Waals surface area (Å²) in [5.74, 6) is -5.64. The Bertz CT molecular complexity index is 2040. The molecular formula is C30H24F5N7O5. The van der Waals surface area contributed by atoms with Gasteiger partial charge in [0.05, 0.1) is 24.7 Å². The first kappa shape index (κ1) is 32.7. The molecule has 3 N–H and O–H groups in total. The Morgan fingerprint density at radius 2 is 1.79 bits per heavy atom. The van der Waals surface area contributed by atoms with E-state index in [1.54, 1.807) is 30.7 Å². The fourth-order valence-corrected chi connectivity index (χ4v) is 4.56. The summed E-state index contributed by atoms with van der Waals surface area (Å²) in [6.45, 7) is -0.136. The fourth-order valence-electron chi connectivity index (χ4n) is 4.56. The van der Waals surface area contributed by atoms with Crippen LogP contribution in [0.1, 0.15) is 16.1 Å². The highest BCUT2D eigenvalue weighted by Gasteiger charge is 2.41. The zero-order valence-electron chi connectivity index (χ0n) is 24.5. The van der Waals surface area contributed by atoms with Crippen molar-refractivity contribution in [1.82, 2.24) is 24.1 Å². The third-order valence-electron chi connectivity index (χ3n) is 6.80. The van der Waals surface area contributed by atoms with Crippen LogP contribution in [0, 0.1) is 18.6 Å². The Morgan fingerprint density at radius 1 is 1.06 bits per heavy atom. The van der Waals surface area contributed by atoms with Crippen molar-refractivity contribution in [2.75, 3.05) is 23.8 Å². The highest BCUT2D eigenvalue weighted by molar-refractivity contribution is 6.03. The van der Waals surface area contributed by atoms with Gasteiger partial charge >= 0.3 is 12.1 Å². The van der Waals surface area contributed by atoms with E-state index in [0.717, 1.165) is 24.3 Å². The van der Waals surface area contributed by atoms with Gasteiger partial charge < -0.3 is 25.0 Å². The van der Waals surface area contributed by atoms with Crippen LogP contribution in [-0.4, -0.2) is 66.5 Å². The number of esters is 1. The summed E-state index contributed by atoms with van der Waals surface area (Å²) < 4.78 is 74.6. The number of aliphatic hydroxyl groups is 1. The second-order valence-electron chi connectivity index (χ2n) is 10.2. The van der Waals surface area contributed by atoms with E-state index in [1.165, 1.54) is 24.7 Å². The fraction of sp³-hybridized carbons (Fsp3) is 0.200. The van der Waals surface area contributed by atoms with E-state index in [0.29, 0.717) is 21.4 Å². The van der Waals surface area contributed by atoms with Gasteiger partial charge in [-0.3, -0.25) is 14.2 Å². The van der Waals surface area contributed by atoms with Gasteiger partial charge in [-0.25, -0.2) is 23.5 Å². The highest BCUT2D eigenvalue weighted by atomic mass is 19.4. The van der Waals surface area contributed by atoms with Crippen LogP contribution in [0.3, 0.4) is 0 Å². The molecule has 0 fully saturated rings. The highest BCUT2D eigenvalue weighted by Crippen LogP contribution is 2.33. The Labute approximate surface area is 261 Å². The molecule has 0 aliphatic heterocycles. The molecule has 244 valence electrons. The van der Waals surface area contributed by atoms with Crippen molar-refractivity contribution in [3.8, 4) is 16.9 Å². The summed E-state index contributed by atoms with van der Waals surface area (Å²) in [7, 11) is 1.69. The molecule has 0 saturated heterocycles. The molecular weight excluding hydrogens is 633 g/mol. The number of halogens is 5. The number of benzene rings is 2. The minimum atomic E-state index is -5.29. The number of pyridine rings is 1. The van der Waals surface area contributed by atoms with Gasteiger partial charge in [-0.05, 0) is 42.8 Å². The average Bonchev–Trinajstić information content (AvgIpc) is 3.46. The maximum absolute atomic E-state index is 15.0. The lowest BCUT2D eigenvalue weighted by molar-refractivity contribution is -0.200. The van der Waals surface area contributed by atoms with Crippen LogP contribution in [0.4, 0.5) is 33.6 Å². The molecule has 0 aliphatic carbocycles. The number of hydrogen-bond acceptors (Lipinski definition) is 9. The van der Waals surface area contributed by atoms with Gasteiger partial charge in [-0.1, -0.05) is 12.1 Å². The van der Waals surface area contributed by atoms with E-state index in [2.05, 4.69) is 30.3 Å². The number of nitrogens with zero attached hydrogens (tertiary/aromatic N) is 5. The molecule has 1 amide bonds. The SMILES string of the molecule is Cc1ccc(NC(=O)c2cn(C)cn2)cc1-c1nc(NC(CO)COC(=O)C(F)(F)F)nc2c1ccc(=O)n2-c1c(F)cccc1F. The predicted molar refractivity (Wildman–Crippen MR) is 158 cm³/mol. The Kier molecular flexibility index (Phi) is 9.01. The molecule has 47 heavy (non-hydrogen) atoms. The monoisotopic (exact) mass is 657 g/mol. The summed E-state index contributed by atoms with van der Waals surface area (Å²) in [5, 5.41) is 15.2. The molecule has 0 spiro atoms. The van der Waals surface area contributed by atoms with Gasteiger partial charge in [-0.15, -0.1) is 0 Å². The van der Waals surface area contributed by atoms with Crippen molar-refractivity contribution in [2.45, 2.75) is 19.1 Å². The third kappa shape index (κ3) is 6.94. The molecule has 3 heterocycles. The second kappa shape index (κ2) is 13.0. The molecule has 12 nitrogen and oxygen atoms in total. The molecule has 1 unspecified atom stereocenters. The molecule has 3 aromatic heterocycles. The van der Waals surface area contributed by atoms with Crippen LogP contribution in [0.5, 0.6) is 0 Å². The van der Waals surface area contributed by atoms with Gasteiger partial charge in [0.2, 0.25) is 5.95 Å². The standard InChI is InChI=1S/C30H24F5N7O5/c1-15-6-7-16(37-27(45)22-11-41(2)14-36-22)10-19(15)24-18-8-9-23(44)42(25-20(31)4-3-5-21(25)32)26(18)40-29(39-24)38-17(12-43)13-47-28(46)30(33,34)35/h3-11,14,17,43H,12-13H2,1-2H3,(H,37,45)(H,38,39,40). The molecule has 0 aliphatic rings. The average molecular weight is 658 g/mol. The zero-order valence-corrected chi connectivity index (χ0v) is 24.5. The van der Waals surface area contributed by atoms with Gasteiger partial charge in [0.25, 0.3) is 11.5 Å². The first-order valence-corrected chi connectivity index (χ1v) is 13.7. The number of rotatable bonds is 9. The van der Waals surface area contributed by atoms with Gasteiger partial charge in [0.1, 0.15) is 29.6 Å². The molecule has 0 bridgehead atoms. The Balaban J connectivity index is 1.67. The second-order valence-corrected chi connectivity index (χ2v) is 10.2. The van der Waals surface area contributed by atoms with Gasteiger partial charge in [0.15, 0.2) is 5.65 Å². The number of alkyl halides is 3. The predicted octanol–water partition coefficient (Wildman–Crippen LogP) is 3.90. The quantitative estimate of drug-likeness (QED) is 0.158. The lowest BCUT2D eigenvalue weighted by atomic mass is 10.0. The maximum atomic E-state index is 15.0. The molecule has 5 rings (SSSR count). The number of aryl methyl sites for hydroxylation is 2. The number of amides is 1. The normalized spacial score (nSPS) is 12.2. The van der Waals surface area contributed by atoms with Crippen LogP contribution in [0.15, 0.2) is 65.8 Å². The zero-order chi connectivity index (χ0) is 34.0. The van der Waals surface area contributed by atoms with Crippen LogP contribution < -0.4 is 16.2 Å². The smallest absolute Gasteiger partial charge is 0.457 e. The van der Waals surface area contributed by atoms with Crippen molar-refractivity contribution >= 4 is 34.5 Å². The summed E-state index contributed by atoms with van der Waals surface area (Å²) in [5.41, 5.74) is -0.539. The van der Waals surface area contributed by atoms with E-state index in [-0.39, 0.29) is 22.4 Å². The maximum Gasteiger partial charge on any atom is 0.490 e. The topological polar surface area (TPSA) is 153 Å². The lowest BCUT2D eigenvalue weighted by Crippen LogP contribution is -2.35. The van der Waals surface area contributed by atoms with Crippen molar-refractivity contribution < 1.29 is 41.4 Å². The van der Waals surface area contributed by atoms with Crippen molar-refractivity contribution in [3.05, 3.63) is 94.3 Å². The molecule has 5 aromatic rings. The van der Waals surface area contributed by atoms with Crippen LogP contribution >= 0.6 is 0 Å². The molecule has 0 radical (unpaired) electrons. The number of aromatic nitrogens is 5. The summed E-state index contributed by atoms with van der Waals surface area (Å²) in [6, 6.07) is 8.72. The summed E-state index contributed by atoms with van der Waals surface area (Å²) >= 11 is 0. The first-order chi connectivity index (χ1) is 22.3. The minimum Gasteiger partial charge on any atom is -0.457 e. The number of imidazole rings is 1. The number of aliphatic hydroxyl groups excluding tert-OH is 1. The van der Waals surface area contributed by atoms with E-state index in [9.17, 15) is 32.7 Å². The van der Waals surface area contributed by atoms with Crippen LogP contribution in [-0.2, 0) is 16.6 Å². The first-order valence-electron chi connectivity index (χ1n) is 13.7. The lowest BCUT2D eigenvalue weighted by Gasteiger charge is -2.20. The Hall–Kier alpha value is -5.71. The molecule has 1 atom stereocenters. The molecule has 2 aromatic carbocycles. The van der Waals surface area contributed by atoms with E-state index in [4.69, 9.17) is 0 Å². The van der Waals surface area contributed by atoms with Gasteiger partial charge in [-0.2, -0.15) is 18.2 Å². The largest absolute Gasteiger partial charge is 0.490 e. The number of para-hydroxylation sites is 1. The number of carbonyl (C=O) groups is 2. The van der Waals surface area contributed by atoms with E-state index < -0.39 is 66.1 Å². The van der Waals surface area contributed by atoms with Crippen molar-refractivity contribution in [2.24, 2.45) is 7.05 Å². The number of fused-ring (bicyclic) bond motifs is 1. The Morgan fingerprint density at radius 3 is 2.43 bits per heavy atom. The summed E-state index contributed by atoms with van der Waals surface area (Å²) in [4.78, 5) is 49.9.